The van der Waals surface area contributed by atoms with Crippen molar-refractivity contribution in [2.75, 3.05) is 25.4 Å². The lowest BCUT2D eigenvalue weighted by Gasteiger charge is -2.05. The molecule has 1 aromatic rings. The van der Waals surface area contributed by atoms with Crippen molar-refractivity contribution < 1.29 is 9.59 Å². The summed E-state index contributed by atoms with van der Waals surface area (Å²) >= 11 is 0. The van der Waals surface area contributed by atoms with Crippen molar-refractivity contribution in [1.82, 2.24) is 10.6 Å². The molecule has 0 aliphatic rings. The summed E-state index contributed by atoms with van der Waals surface area (Å²) in [4.78, 5) is 22.3. The Morgan fingerprint density at radius 2 is 1.83 bits per heavy atom. The normalized spacial score (nSPS) is 10.1. The fraction of sp³-hybridized carbons (Fsp3) is 0.385. The van der Waals surface area contributed by atoms with Crippen LogP contribution in [0, 0.1) is 0 Å². The van der Waals surface area contributed by atoms with Crippen molar-refractivity contribution in [3.05, 3.63) is 29.8 Å². The summed E-state index contributed by atoms with van der Waals surface area (Å²) in [5.74, 6) is 0.00229. The quantitative estimate of drug-likeness (QED) is 0.375. The average Bonchev–Trinajstić information content (AvgIpc) is 2.34. The highest BCUT2D eigenvalue weighted by molar-refractivity contribution is 5.97. The molecular formula is C13H19N3O2. The summed E-state index contributed by atoms with van der Waals surface area (Å²) in [6, 6.07) is 6.86. The molecule has 0 heterocycles. The van der Waals surface area contributed by atoms with E-state index in [1.54, 1.807) is 24.3 Å². The minimum absolute atomic E-state index is 0.0343. The van der Waals surface area contributed by atoms with E-state index < -0.39 is 0 Å². The maximum Gasteiger partial charge on any atom is 0.216 e. The molecule has 18 heavy (non-hydrogen) atoms. The molecule has 0 fully saturated rings. The number of Topliss-reactive ketones (excluding diaryl/α,β-unsaturated/α-hetero) is 1. The summed E-state index contributed by atoms with van der Waals surface area (Å²) in [5, 5.41) is 5.73. The third-order valence-corrected chi connectivity index (χ3v) is 2.42. The highest BCUT2D eigenvalue weighted by Gasteiger charge is 2.04. The Balaban J connectivity index is 2.17. The number of nitrogens with two attached hydrogens (primary N) is 1. The summed E-state index contributed by atoms with van der Waals surface area (Å²) < 4.78 is 0. The van der Waals surface area contributed by atoms with Crippen molar-refractivity contribution in [3.8, 4) is 0 Å². The highest BCUT2D eigenvalue weighted by Crippen LogP contribution is 2.05. The van der Waals surface area contributed by atoms with Gasteiger partial charge in [-0.15, -0.1) is 0 Å². The molecule has 5 nitrogen and oxygen atoms in total. The predicted molar refractivity (Wildman–Crippen MR) is 71.4 cm³/mol. The van der Waals surface area contributed by atoms with Gasteiger partial charge < -0.3 is 16.4 Å². The molecule has 98 valence electrons. The zero-order valence-electron chi connectivity index (χ0n) is 10.5. The van der Waals surface area contributed by atoms with Crippen LogP contribution in [0.15, 0.2) is 24.3 Å². The molecule has 1 aromatic carbocycles. The summed E-state index contributed by atoms with van der Waals surface area (Å²) in [7, 11) is 0. The second-order valence-corrected chi connectivity index (χ2v) is 4.06. The van der Waals surface area contributed by atoms with Gasteiger partial charge in [-0.3, -0.25) is 9.59 Å². The van der Waals surface area contributed by atoms with Crippen molar-refractivity contribution in [2.24, 2.45) is 0 Å². The van der Waals surface area contributed by atoms with Crippen LogP contribution in [0.4, 0.5) is 5.69 Å². The molecule has 0 bridgehead atoms. The molecule has 0 spiro atoms. The molecule has 1 rings (SSSR count). The van der Waals surface area contributed by atoms with Gasteiger partial charge in [-0.1, -0.05) is 0 Å². The molecule has 0 radical (unpaired) electrons. The SMILES string of the molecule is CC(=O)NCCCNCC(=O)c1ccc(N)cc1. The number of benzene rings is 1. The summed E-state index contributed by atoms with van der Waals surface area (Å²) in [5.41, 5.74) is 6.84. The predicted octanol–water partition coefficient (Wildman–Crippen LogP) is 0.567. The Hall–Kier alpha value is -1.88. The Morgan fingerprint density at radius 3 is 2.44 bits per heavy atom. The van der Waals surface area contributed by atoms with Gasteiger partial charge in [0.05, 0.1) is 6.54 Å². The summed E-state index contributed by atoms with van der Waals surface area (Å²) in [6.45, 7) is 3.10. The van der Waals surface area contributed by atoms with Crippen LogP contribution in [-0.4, -0.2) is 31.3 Å². The number of anilines is 1. The van der Waals surface area contributed by atoms with Gasteiger partial charge >= 0.3 is 0 Å². The average molecular weight is 249 g/mol. The standard InChI is InChI=1S/C13H19N3O2/c1-10(17)16-8-2-7-15-9-13(18)11-3-5-12(14)6-4-11/h3-6,15H,2,7-9,14H2,1H3,(H,16,17). The first-order valence-electron chi connectivity index (χ1n) is 5.93. The van der Waals surface area contributed by atoms with E-state index in [2.05, 4.69) is 10.6 Å². The van der Waals surface area contributed by atoms with Crippen molar-refractivity contribution in [2.45, 2.75) is 13.3 Å². The molecule has 0 atom stereocenters. The van der Waals surface area contributed by atoms with E-state index in [1.807, 2.05) is 0 Å². The van der Waals surface area contributed by atoms with Gasteiger partial charge in [-0.25, -0.2) is 0 Å². The van der Waals surface area contributed by atoms with Crippen LogP contribution in [0.5, 0.6) is 0 Å². The number of hydrogen-bond acceptors (Lipinski definition) is 4. The number of nitrogens with one attached hydrogen (secondary N) is 2. The molecule has 4 N–H and O–H groups in total. The van der Waals surface area contributed by atoms with Gasteiger partial charge in [0, 0.05) is 24.7 Å². The molecule has 0 aromatic heterocycles. The molecule has 5 heteroatoms. The van der Waals surface area contributed by atoms with E-state index in [9.17, 15) is 9.59 Å². The highest BCUT2D eigenvalue weighted by atomic mass is 16.1. The van der Waals surface area contributed by atoms with E-state index in [1.165, 1.54) is 6.92 Å². The Bertz CT molecular complexity index is 401. The smallest absolute Gasteiger partial charge is 0.216 e. The Kier molecular flexibility index (Phi) is 5.87. The van der Waals surface area contributed by atoms with E-state index in [0.717, 1.165) is 6.42 Å². The third kappa shape index (κ3) is 5.45. The van der Waals surface area contributed by atoms with Gasteiger partial charge in [0.2, 0.25) is 5.91 Å². The lowest BCUT2D eigenvalue weighted by atomic mass is 10.1. The molecule has 0 aliphatic heterocycles. The lowest BCUT2D eigenvalue weighted by molar-refractivity contribution is -0.118. The molecular weight excluding hydrogens is 230 g/mol. The lowest BCUT2D eigenvalue weighted by Crippen LogP contribution is -2.28. The van der Waals surface area contributed by atoms with Crippen LogP contribution in [0.2, 0.25) is 0 Å². The van der Waals surface area contributed by atoms with E-state index in [4.69, 9.17) is 5.73 Å². The van der Waals surface area contributed by atoms with Crippen molar-refractivity contribution >= 4 is 17.4 Å². The van der Waals surface area contributed by atoms with Gasteiger partial charge in [0.1, 0.15) is 0 Å². The second-order valence-electron chi connectivity index (χ2n) is 4.06. The third-order valence-electron chi connectivity index (χ3n) is 2.42. The molecule has 0 aliphatic carbocycles. The van der Waals surface area contributed by atoms with Crippen LogP contribution in [0.3, 0.4) is 0 Å². The van der Waals surface area contributed by atoms with Crippen LogP contribution >= 0.6 is 0 Å². The van der Waals surface area contributed by atoms with E-state index in [0.29, 0.717) is 30.9 Å². The van der Waals surface area contributed by atoms with Crippen LogP contribution in [0.1, 0.15) is 23.7 Å². The van der Waals surface area contributed by atoms with Gasteiger partial charge in [0.15, 0.2) is 5.78 Å². The number of ketones is 1. The molecule has 0 unspecified atom stereocenters. The van der Waals surface area contributed by atoms with E-state index in [-0.39, 0.29) is 11.7 Å². The monoisotopic (exact) mass is 249 g/mol. The number of rotatable bonds is 7. The molecule has 1 amide bonds. The topological polar surface area (TPSA) is 84.2 Å². The largest absolute Gasteiger partial charge is 0.399 e. The maximum atomic E-state index is 11.7. The zero-order valence-corrected chi connectivity index (χ0v) is 10.5. The number of amides is 1. The first kappa shape index (κ1) is 14.2. The van der Waals surface area contributed by atoms with Crippen LogP contribution in [0.25, 0.3) is 0 Å². The second kappa shape index (κ2) is 7.45. The maximum absolute atomic E-state index is 11.7. The minimum atomic E-state index is -0.0343. The Morgan fingerprint density at radius 1 is 1.17 bits per heavy atom. The van der Waals surface area contributed by atoms with Gasteiger partial charge in [0.25, 0.3) is 0 Å². The van der Waals surface area contributed by atoms with E-state index >= 15 is 0 Å². The number of carbonyl (C=O) groups excluding carboxylic acids is 2. The van der Waals surface area contributed by atoms with Crippen LogP contribution < -0.4 is 16.4 Å². The number of carbonyl (C=O) groups is 2. The van der Waals surface area contributed by atoms with Gasteiger partial charge in [-0.05, 0) is 37.2 Å². The van der Waals surface area contributed by atoms with Crippen molar-refractivity contribution in [3.63, 3.8) is 0 Å². The summed E-state index contributed by atoms with van der Waals surface area (Å²) in [6.07, 6.45) is 0.800. The van der Waals surface area contributed by atoms with Crippen molar-refractivity contribution in [1.29, 1.82) is 0 Å². The number of nitrogen functional groups attached to an aromatic ring is 1. The van der Waals surface area contributed by atoms with Crippen LogP contribution in [-0.2, 0) is 4.79 Å². The van der Waals surface area contributed by atoms with Gasteiger partial charge in [-0.2, -0.15) is 0 Å². The zero-order chi connectivity index (χ0) is 13.4. The fourth-order valence-corrected chi connectivity index (χ4v) is 1.45. The number of hydrogen-bond donors (Lipinski definition) is 3. The Labute approximate surface area is 107 Å². The first-order valence-corrected chi connectivity index (χ1v) is 5.93. The molecule has 0 saturated heterocycles. The fourth-order valence-electron chi connectivity index (χ4n) is 1.45. The molecule has 0 saturated carbocycles. The first-order chi connectivity index (χ1) is 8.59. The minimum Gasteiger partial charge on any atom is -0.399 e.